The van der Waals surface area contributed by atoms with Gasteiger partial charge in [0.2, 0.25) is 0 Å². The van der Waals surface area contributed by atoms with Crippen LogP contribution in [0.1, 0.15) is 47.9 Å². The van der Waals surface area contributed by atoms with Gasteiger partial charge in [-0.05, 0) is 67.8 Å². The third-order valence-electron chi connectivity index (χ3n) is 6.46. The number of nitrogens with one attached hydrogen (secondary N) is 1. The van der Waals surface area contributed by atoms with E-state index in [4.69, 9.17) is 0 Å². The fraction of sp³-hybridized carbons (Fsp3) is 0.308. The van der Waals surface area contributed by atoms with E-state index in [1.807, 2.05) is 37.4 Å². The van der Waals surface area contributed by atoms with Gasteiger partial charge in [-0.25, -0.2) is 8.91 Å². The van der Waals surface area contributed by atoms with Gasteiger partial charge in [0.1, 0.15) is 6.17 Å². The summed E-state index contributed by atoms with van der Waals surface area (Å²) >= 11 is 0. The van der Waals surface area contributed by atoms with Gasteiger partial charge < -0.3 is 10.4 Å². The molecule has 0 spiro atoms. The van der Waals surface area contributed by atoms with Crippen molar-refractivity contribution >= 4 is 17.1 Å². The van der Waals surface area contributed by atoms with Crippen molar-refractivity contribution in [3.63, 3.8) is 0 Å². The van der Waals surface area contributed by atoms with Crippen LogP contribution in [0, 0.1) is 6.92 Å². The minimum Gasteiger partial charge on any atom is -0.389 e. The SMILES string of the molecule is Cc1ccc(-n2nnc(C3CC3F)n2)cc1NC(=O)c1cnn2ccc(-c3cnn(CC(C)(C)O)c3)cc12. The highest BCUT2D eigenvalue weighted by Gasteiger charge is 2.42. The molecule has 0 aliphatic heterocycles. The Morgan fingerprint density at radius 2 is 2.00 bits per heavy atom. The number of anilines is 1. The number of benzene rings is 1. The Hall–Kier alpha value is -4.45. The predicted octanol–water partition coefficient (Wildman–Crippen LogP) is 3.33. The molecule has 1 aliphatic carbocycles. The third kappa shape index (κ3) is 4.65. The van der Waals surface area contributed by atoms with Crippen LogP contribution in [0.2, 0.25) is 0 Å². The molecule has 5 aromatic rings. The number of tetrazole rings is 1. The molecule has 1 fully saturated rings. The molecule has 0 radical (unpaired) electrons. The topological polar surface area (TPSA) is 128 Å². The number of alkyl halides is 1. The van der Waals surface area contributed by atoms with Gasteiger partial charge in [0.25, 0.3) is 5.91 Å². The van der Waals surface area contributed by atoms with Gasteiger partial charge in [-0.2, -0.15) is 10.2 Å². The number of rotatable bonds is 7. The number of hydrogen-bond acceptors (Lipinski definition) is 7. The molecule has 38 heavy (non-hydrogen) atoms. The molecule has 2 unspecified atom stereocenters. The highest BCUT2D eigenvalue weighted by atomic mass is 19.1. The number of nitrogens with zero attached hydrogens (tertiary/aromatic N) is 8. The lowest BCUT2D eigenvalue weighted by Gasteiger charge is -2.16. The maximum Gasteiger partial charge on any atom is 0.259 e. The van der Waals surface area contributed by atoms with Crippen molar-refractivity contribution in [2.24, 2.45) is 0 Å². The Kier molecular flexibility index (Phi) is 5.56. The summed E-state index contributed by atoms with van der Waals surface area (Å²) in [6.45, 7) is 5.69. The number of aryl methyl sites for hydroxylation is 1. The second-order valence-corrected chi connectivity index (χ2v) is 10.3. The van der Waals surface area contributed by atoms with Gasteiger partial charge >= 0.3 is 0 Å². The van der Waals surface area contributed by atoms with E-state index in [0.29, 0.717) is 41.2 Å². The van der Waals surface area contributed by atoms with E-state index in [2.05, 4.69) is 30.9 Å². The molecular formula is C26H26FN9O2. The number of aliphatic hydroxyl groups is 1. The molecule has 1 amide bonds. The number of pyridine rings is 1. The van der Waals surface area contributed by atoms with Crippen LogP contribution in [0.5, 0.6) is 0 Å². The van der Waals surface area contributed by atoms with Gasteiger partial charge in [0.15, 0.2) is 5.82 Å². The Morgan fingerprint density at radius 3 is 2.76 bits per heavy atom. The van der Waals surface area contributed by atoms with Crippen LogP contribution in [0.15, 0.2) is 55.1 Å². The molecule has 4 aromatic heterocycles. The first kappa shape index (κ1) is 23.9. The Bertz CT molecular complexity index is 1660. The highest BCUT2D eigenvalue weighted by Crippen LogP contribution is 2.41. The summed E-state index contributed by atoms with van der Waals surface area (Å²) in [4.78, 5) is 14.7. The summed E-state index contributed by atoms with van der Waals surface area (Å²) in [5.74, 6) is -0.221. The van der Waals surface area contributed by atoms with Crippen LogP contribution in [-0.2, 0) is 6.54 Å². The summed E-state index contributed by atoms with van der Waals surface area (Å²) in [7, 11) is 0. The molecule has 194 valence electrons. The van der Waals surface area contributed by atoms with Crippen LogP contribution in [0.25, 0.3) is 22.3 Å². The molecular weight excluding hydrogens is 489 g/mol. The Labute approximate surface area is 216 Å². The lowest BCUT2D eigenvalue weighted by Crippen LogP contribution is -2.26. The summed E-state index contributed by atoms with van der Waals surface area (Å²) in [5.41, 5.74) is 3.92. The third-order valence-corrected chi connectivity index (χ3v) is 6.46. The van der Waals surface area contributed by atoms with Crippen molar-refractivity contribution < 1.29 is 14.3 Å². The average Bonchev–Trinajstić information content (AvgIpc) is 3.29. The Morgan fingerprint density at radius 1 is 1.18 bits per heavy atom. The number of aromatic nitrogens is 8. The lowest BCUT2D eigenvalue weighted by atomic mass is 10.1. The smallest absolute Gasteiger partial charge is 0.259 e. The minimum absolute atomic E-state index is 0.287. The Balaban J connectivity index is 1.25. The predicted molar refractivity (Wildman–Crippen MR) is 137 cm³/mol. The molecule has 0 bridgehead atoms. The monoisotopic (exact) mass is 515 g/mol. The molecule has 12 heteroatoms. The zero-order valence-electron chi connectivity index (χ0n) is 21.1. The molecule has 1 aromatic carbocycles. The van der Waals surface area contributed by atoms with E-state index in [-0.39, 0.29) is 11.8 Å². The van der Waals surface area contributed by atoms with Gasteiger partial charge in [-0.15, -0.1) is 15.0 Å². The fourth-order valence-electron chi connectivity index (χ4n) is 4.30. The zero-order chi connectivity index (χ0) is 26.6. The number of fused-ring (bicyclic) bond motifs is 1. The first-order chi connectivity index (χ1) is 18.1. The zero-order valence-corrected chi connectivity index (χ0v) is 21.1. The van der Waals surface area contributed by atoms with Crippen molar-refractivity contribution in [2.75, 3.05) is 5.32 Å². The molecule has 11 nitrogen and oxygen atoms in total. The van der Waals surface area contributed by atoms with Gasteiger partial charge in [-0.3, -0.25) is 9.48 Å². The van der Waals surface area contributed by atoms with Crippen molar-refractivity contribution in [1.29, 1.82) is 0 Å². The minimum atomic E-state index is -0.907. The van der Waals surface area contributed by atoms with Crippen molar-refractivity contribution in [1.82, 2.24) is 39.6 Å². The van der Waals surface area contributed by atoms with E-state index >= 15 is 0 Å². The van der Waals surface area contributed by atoms with Crippen molar-refractivity contribution in [3.8, 4) is 16.8 Å². The maximum atomic E-state index is 13.4. The summed E-state index contributed by atoms with van der Waals surface area (Å²) in [5, 5.41) is 34.0. The average molecular weight is 516 g/mol. The standard InChI is InChI=1S/C26H26FN9O2/c1-15-4-5-18(36-32-24(31-33-36)19-10-21(19)27)9-22(15)30-25(37)20-12-29-35-7-6-16(8-23(20)35)17-11-28-34(13-17)14-26(2,3)38/h4-9,11-13,19,21,38H,10,14H2,1-3H3,(H,30,37). The summed E-state index contributed by atoms with van der Waals surface area (Å²) in [6.07, 6.45) is 6.41. The lowest BCUT2D eigenvalue weighted by molar-refractivity contribution is 0.0577. The van der Waals surface area contributed by atoms with Gasteiger partial charge in [0.05, 0.1) is 47.2 Å². The molecule has 4 heterocycles. The number of carbonyl (C=O) groups is 1. The van der Waals surface area contributed by atoms with Crippen molar-refractivity contribution in [2.45, 2.75) is 51.4 Å². The van der Waals surface area contributed by atoms with E-state index in [1.54, 1.807) is 41.5 Å². The van der Waals surface area contributed by atoms with E-state index < -0.39 is 11.8 Å². The van der Waals surface area contributed by atoms with Crippen LogP contribution in [-0.4, -0.2) is 62.4 Å². The van der Waals surface area contributed by atoms with E-state index in [9.17, 15) is 14.3 Å². The summed E-state index contributed by atoms with van der Waals surface area (Å²) < 4.78 is 16.7. The molecule has 0 saturated heterocycles. The highest BCUT2D eigenvalue weighted by molar-refractivity contribution is 6.09. The molecule has 1 aliphatic rings. The van der Waals surface area contributed by atoms with Gasteiger partial charge in [-0.1, -0.05) is 6.07 Å². The summed E-state index contributed by atoms with van der Waals surface area (Å²) in [6, 6.07) is 9.20. The second-order valence-electron chi connectivity index (χ2n) is 10.3. The van der Waals surface area contributed by atoms with Crippen LogP contribution in [0.3, 0.4) is 0 Å². The van der Waals surface area contributed by atoms with Crippen LogP contribution in [0.4, 0.5) is 10.1 Å². The molecule has 6 rings (SSSR count). The van der Waals surface area contributed by atoms with E-state index in [0.717, 1.165) is 16.7 Å². The first-order valence-electron chi connectivity index (χ1n) is 12.2. The number of amides is 1. The molecule has 1 saturated carbocycles. The molecule has 2 atom stereocenters. The second kappa shape index (κ2) is 8.84. The first-order valence-corrected chi connectivity index (χ1v) is 12.2. The maximum absolute atomic E-state index is 13.4. The number of halogens is 1. The normalized spacial score (nSPS) is 17.2. The molecule has 2 N–H and O–H groups in total. The largest absolute Gasteiger partial charge is 0.389 e. The van der Waals surface area contributed by atoms with Crippen LogP contribution < -0.4 is 5.32 Å². The number of carbonyl (C=O) groups excluding carboxylic acids is 1. The number of hydrogen-bond donors (Lipinski definition) is 2. The quantitative estimate of drug-likeness (QED) is 0.340. The fourth-order valence-corrected chi connectivity index (χ4v) is 4.30. The van der Waals surface area contributed by atoms with E-state index in [1.165, 1.54) is 11.0 Å². The van der Waals surface area contributed by atoms with Gasteiger partial charge in [0, 0.05) is 23.6 Å². The van der Waals surface area contributed by atoms with Crippen LogP contribution >= 0.6 is 0 Å². The van der Waals surface area contributed by atoms with Crippen molar-refractivity contribution in [3.05, 3.63) is 72.1 Å².